The van der Waals surface area contributed by atoms with Gasteiger partial charge in [-0.2, -0.15) is 0 Å². The number of fused-ring (bicyclic) bond motifs is 3. The number of benzene rings is 2. The van der Waals surface area contributed by atoms with Crippen LogP contribution in [0.15, 0.2) is 42.5 Å². The molecule has 113 valence electrons. The minimum atomic E-state index is -0.902. The number of aliphatic hydroxyl groups excluding tert-OH is 1. The Morgan fingerprint density at radius 2 is 1.77 bits per heavy atom. The van der Waals surface area contributed by atoms with Gasteiger partial charge in [0, 0.05) is 55.1 Å². The standard InChI is InChI=1S/C15H13NO4.CH4.Y/c17-9-20-10-5-6-12-11-3-1-2-4-13(11)16(8-15(18)19)14(12)7-10;;/h1-7,17H,8-9H2,(H,18,19);1H4;. The number of aliphatic hydroxyl groups is 1. The van der Waals surface area contributed by atoms with Crippen LogP contribution < -0.4 is 4.74 Å². The third kappa shape index (κ3) is 3.32. The maximum atomic E-state index is 11.1. The number of para-hydroxylation sites is 1. The van der Waals surface area contributed by atoms with Crippen molar-refractivity contribution in [3.63, 3.8) is 0 Å². The van der Waals surface area contributed by atoms with Crippen LogP contribution in [0.5, 0.6) is 5.75 Å². The Labute approximate surface area is 153 Å². The molecule has 0 saturated carbocycles. The van der Waals surface area contributed by atoms with E-state index in [0.29, 0.717) is 5.75 Å². The second kappa shape index (κ2) is 7.72. The van der Waals surface area contributed by atoms with Crippen LogP contribution in [0.4, 0.5) is 0 Å². The maximum Gasteiger partial charge on any atom is 0.323 e. The van der Waals surface area contributed by atoms with Crippen LogP contribution in [0.3, 0.4) is 0 Å². The van der Waals surface area contributed by atoms with E-state index in [9.17, 15) is 4.79 Å². The zero-order valence-electron chi connectivity index (χ0n) is 11.2. The molecule has 2 aromatic carbocycles. The minimum Gasteiger partial charge on any atom is -0.480 e. The Balaban J connectivity index is 0.00000121. The van der Waals surface area contributed by atoms with Crippen molar-refractivity contribution in [2.75, 3.05) is 6.79 Å². The molecule has 6 heteroatoms. The van der Waals surface area contributed by atoms with Crippen LogP contribution in [-0.4, -0.2) is 27.5 Å². The van der Waals surface area contributed by atoms with Crippen LogP contribution >= 0.6 is 0 Å². The number of carboxylic acid groups (broad SMARTS) is 1. The second-order valence-corrected chi connectivity index (χ2v) is 4.45. The van der Waals surface area contributed by atoms with Gasteiger partial charge in [-0.3, -0.25) is 4.79 Å². The third-order valence-electron chi connectivity index (χ3n) is 3.27. The number of nitrogens with zero attached hydrogens (tertiary/aromatic N) is 1. The number of rotatable bonds is 4. The van der Waals surface area contributed by atoms with E-state index in [1.165, 1.54) is 0 Å². The molecule has 0 aliphatic heterocycles. The van der Waals surface area contributed by atoms with Gasteiger partial charge in [-0.15, -0.1) is 0 Å². The van der Waals surface area contributed by atoms with Gasteiger partial charge in [-0.1, -0.05) is 25.6 Å². The smallest absolute Gasteiger partial charge is 0.323 e. The van der Waals surface area contributed by atoms with Gasteiger partial charge in [0.25, 0.3) is 0 Å². The maximum absolute atomic E-state index is 11.1. The summed E-state index contributed by atoms with van der Waals surface area (Å²) in [5.41, 5.74) is 1.64. The van der Waals surface area contributed by atoms with Crippen molar-refractivity contribution in [1.82, 2.24) is 4.57 Å². The monoisotopic (exact) mass is 376 g/mol. The van der Waals surface area contributed by atoms with Crippen molar-refractivity contribution in [2.24, 2.45) is 0 Å². The van der Waals surface area contributed by atoms with Crippen molar-refractivity contribution in [3.05, 3.63) is 42.5 Å². The van der Waals surface area contributed by atoms with Crippen LogP contribution in [0.2, 0.25) is 0 Å². The Bertz CT molecular complexity index is 797. The summed E-state index contributed by atoms with van der Waals surface area (Å²) in [7, 11) is 0. The average molecular weight is 376 g/mol. The van der Waals surface area contributed by atoms with Crippen molar-refractivity contribution in [1.29, 1.82) is 0 Å². The van der Waals surface area contributed by atoms with Gasteiger partial charge < -0.3 is 19.5 Å². The molecule has 0 atom stereocenters. The molecule has 0 spiro atoms. The van der Waals surface area contributed by atoms with Gasteiger partial charge >= 0.3 is 5.97 Å². The summed E-state index contributed by atoms with van der Waals surface area (Å²) in [6, 6.07) is 13.0. The quantitative estimate of drug-likeness (QED) is 0.687. The van der Waals surface area contributed by atoms with E-state index >= 15 is 0 Å². The zero-order valence-corrected chi connectivity index (χ0v) is 14.0. The number of ether oxygens (including phenoxy) is 1. The fourth-order valence-corrected chi connectivity index (χ4v) is 2.50. The first kappa shape index (κ1) is 18.6. The van der Waals surface area contributed by atoms with Crippen LogP contribution in [0.1, 0.15) is 7.43 Å². The first-order chi connectivity index (χ1) is 9.70. The van der Waals surface area contributed by atoms with E-state index in [-0.39, 0.29) is 46.7 Å². The summed E-state index contributed by atoms with van der Waals surface area (Å²) in [5, 5.41) is 19.9. The number of aromatic nitrogens is 1. The van der Waals surface area contributed by atoms with E-state index in [4.69, 9.17) is 14.9 Å². The van der Waals surface area contributed by atoms with Gasteiger partial charge in [-0.25, -0.2) is 0 Å². The fraction of sp³-hybridized carbons (Fsp3) is 0.188. The summed E-state index contributed by atoms with van der Waals surface area (Å²) in [4.78, 5) is 11.1. The molecule has 3 aromatic rings. The van der Waals surface area contributed by atoms with E-state index in [1.807, 2.05) is 30.3 Å². The number of hydrogen-bond acceptors (Lipinski definition) is 3. The Hall–Kier alpha value is -1.43. The summed E-state index contributed by atoms with van der Waals surface area (Å²) in [6.45, 7) is -0.530. The summed E-state index contributed by atoms with van der Waals surface area (Å²) < 4.78 is 6.80. The largest absolute Gasteiger partial charge is 0.480 e. The fourth-order valence-electron chi connectivity index (χ4n) is 2.50. The molecule has 3 rings (SSSR count). The predicted molar refractivity (Wildman–Crippen MR) is 81.5 cm³/mol. The van der Waals surface area contributed by atoms with Crippen LogP contribution in [0.25, 0.3) is 21.8 Å². The molecule has 1 radical (unpaired) electrons. The first-order valence-electron chi connectivity index (χ1n) is 6.17. The number of carbonyl (C=O) groups is 1. The normalized spacial score (nSPS) is 10.0. The molecular weight excluding hydrogens is 359 g/mol. The zero-order chi connectivity index (χ0) is 14.1. The number of carboxylic acids is 1. The molecule has 0 aliphatic carbocycles. The van der Waals surface area contributed by atoms with Gasteiger partial charge in [-0.05, 0) is 18.2 Å². The SMILES string of the molecule is C.O=C(O)Cn1c2ccccc2c2ccc(OCO)cc21.[Y]. The molecule has 1 heterocycles. The van der Waals surface area contributed by atoms with Gasteiger partial charge in [0.15, 0.2) is 6.79 Å². The summed E-state index contributed by atoms with van der Waals surface area (Å²) in [6.07, 6.45) is 0. The Kier molecular flexibility index (Phi) is 6.54. The van der Waals surface area contributed by atoms with E-state index in [1.54, 1.807) is 16.7 Å². The Morgan fingerprint density at radius 3 is 2.45 bits per heavy atom. The van der Waals surface area contributed by atoms with Crippen molar-refractivity contribution in [2.45, 2.75) is 14.0 Å². The van der Waals surface area contributed by atoms with E-state index in [0.717, 1.165) is 21.8 Å². The molecule has 22 heavy (non-hydrogen) atoms. The van der Waals surface area contributed by atoms with Gasteiger partial charge in [0.1, 0.15) is 12.3 Å². The molecule has 0 fully saturated rings. The molecule has 0 aliphatic rings. The molecule has 2 N–H and O–H groups in total. The molecular formula is C16H17NO4Y. The van der Waals surface area contributed by atoms with E-state index in [2.05, 4.69) is 0 Å². The first-order valence-corrected chi connectivity index (χ1v) is 6.17. The second-order valence-electron chi connectivity index (χ2n) is 4.45. The minimum absolute atomic E-state index is 0. The number of hydrogen-bond donors (Lipinski definition) is 2. The molecule has 0 amide bonds. The topological polar surface area (TPSA) is 71.7 Å². The Morgan fingerprint density at radius 1 is 1.09 bits per heavy atom. The van der Waals surface area contributed by atoms with Crippen LogP contribution in [-0.2, 0) is 44.0 Å². The van der Waals surface area contributed by atoms with Crippen molar-refractivity contribution in [3.8, 4) is 5.75 Å². The molecule has 0 unspecified atom stereocenters. The summed E-state index contributed by atoms with van der Waals surface area (Å²) in [5.74, 6) is -0.393. The third-order valence-corrected chi connectivity index (χ3v) is 3.27. The predicted octanol–water partition coefficient (Wildman–Crippen LogP) is 2.84. The molecule has 0 saturated heterocycles. The van der Waals surface area contributed by atoms with Gasteiger partial charge in [0.05, 0.1) is 5.52 Å². The van der Waals surface area contributed by atoms with Crippen molar-refractivity contribution >= 4 is 27.8 Å². The number of aliphatic carboxylic acids is 1. The molecule has 0 bridgehead atoms. The molecule has 1 aromatic heterocycles. The van der Waals surface area contributed by atoms with E-state index < -0.39 is 12.8 Å². The van der Waals surface area contributed by atoms with Gasteiger partial charge in [0.2, 0.25) is 0 Å². The van der Waals surface area contributed by atoms with Crippen LogP contribution in [0, 0.1) is 0 Å². The van der Waals surface area contributed by atoms with Crippen molar-refractivity contribution < 1.29 is 52.5 Å². The average Bonchev–Trinajstić information content (AvgIpc) is 2.73. The molecule has 5 nitrogen and oxygen atoms in total. The summed E-state index contributed by atoms with van der Waals surface area (Å²) >= 11 is 0.